The molecule has 1 rings (SSSR count). The summed E-state index contributed by atoms with van der Waals surface area (Å²) in [6.07, 6.45) is 1.75. The first-order chi connectivity index (χ1) is 9.13. The molecule has 5 heteroatoms. The molecule has 19 heavy (non-hydrogen) atoms. The highest BCUT2D eigenvalue weighted by atomic mass is 79.9. The summed E-state index contributed by atoms with van der Waals surface area (Å²) in [5, 5.41) is 3.40. The molecule has 4 nitrogen and oxygen atoms in total. The topological polar surface area (TPSA) is 43.4 Å². The summed E-state index contributed by atoms with van der Waals surface area (Å²) in [4.78, 5) is 4.31. The van der Waals surface area contributed by atoms with Crippen molar-refractivity contribution in [2.24, 2.45) is 5.92 Å². The van der Waals surface area contributed by atoms with E-state index >= 15 is 0 Å². The van der Waals surface area contributed by atoms with Gasteiger partial charge in [0.2, 0.25) is 5.88 Å². The molecule has 0 aromatic carbocycles. The lowest BCUT2D eigenvalue weighted by Gasteiger charge is -2.12. The first kappa shape index (κ1) is 16.4. The second-order valence-corrected chi connectivity index (χ2v) is 5.60. The van der Waals surface area contributed by atoms with Crippen LogP contribution in [0.15, 0.2) is 16.7 Å². The van der Waals surface area contributed by atoms with Gasteiger partial charge in [-0.25, -0.2) is 4.98 Å². The van der Waals surface area contributed by atoms with Crippen LogP contribution in [0.2, 0.25) is 0 Å². The van der Waals surface area contributed by atoms with Crippen molar-refractivity contribution in [3.63, 3.8) is 0 Å². The number of nitrogens with zero attached hydrogens (tertiary/aromatic N) is 1. The Balaban J connectivity index is 2.53. The summed E-state index contributed by atoms with van der Waals surface area (Å²) < 4.78 is 11.9. The minimum absolute atomic E-state index is 0.527. The number of aromatic nitrogens is 1. The molecular weight excluding hydrogens is 308 g/mol. The fourth-order valence-electron chi connectivity index (χ4n) is 1.56. The zero-order valence-electron chi connectivity index (χ0n) is 11.9. The van der Waals surface area contributed by atoms with Crippen molar-refractivity contribution >= 4 is 15.9 Å². The highest BCUT2D eigenvalue weighted by molar-refractivity contribution is 9.10. The van der Waals surface area contributed by atoms with E-state index in [0.29, 0.717) is 31.6 Å². The Labute approximate surface area is 124 Å². The molecule has 0 fully saturated rings. The van der Waals surface area contributed by atoms with Crippen LogP contribution >= 0.6 is 15.9 Å². The van der Waals surface area contributed by atoms with E-state index in [1.54, 1.807) is 6.20 Å². The molecule has 108 valence electrons. The minimum atomic E-state index is 0.527. The van der Waals surface area contributed by atoms with Crippen LogP contribution in [0.5, 0.6) is 5.88 Å². The van der Waals surface area contributed by atoms with Gasteiger partial charge < -0.3 is 14.8 Å². The molecule has 0 aliphatic carbocycles. The quantitative estimate of drug-likeness (QED) is 0.707. The molecular formula is C14H23BrN2O2. The van der Waals surface area contributed by atoms with Crippen molar-refractivity contribution in [2.75, 3.05) is 26.4 Å². The molecule has 0 saturated heterocycles. The summed E-state index contributed by atoms with van der Waals surface area (Å²) in [6, 6.07) is 2.04. The van der Waals surface area contributed by atoms with Crippen LogP contribution in [0.1, 0.15) is 26.3 Å². The van der Waals surface area contributed by atoms with Gasteiger partial charge in [0.25, 0.3) is 0 Å². The second-order valence-electron chi connectivity index (χ2n) is 4.69. The fraction of sp³-hybridized carbons (Fsp3) is 0.643. The molecule has 1 aromatic rings. The zero-order valence-corrected chi connectivity index (χ0v) is 13.5. The third-order valence-corrected chi connectivity index (χ3v) is 2.86. The fourth-order valence-corrected chi connectivity index (χ4v) is 1.94. The molecule has 0 saturated carbocycles. The van der Waals surface area contributed by atoms with Crippen molar-refractivity contribution in [2.45, 2.75) is 27.3 Å². The number of ether oxygens (including phenoxy) is 2. The van der Waals surface area contributed by atoms with Crippen molar-refractivity contribution in [3.05, 3.63) is 22.3 Å². The van der Waals surface area contributed by atoms with Gasteiger partial charge in [-0.2, -0.15) is 0 Å². The third-order valence-electron chi connectivity index (χ3n) is 2.43. The average Bonchev–Trinajstić information content (AvgIpc) is 2.36. The van der Waals surface area contributed by atoms with Gasteiger partial charge in [-0.3, -0.25) is 0 Å². The first-order valence-corrected chi connectivity index (χ1v) is 7.48. The summed E-state index contributed by atoms with van der Waals surface area (Å²) in [5.74, 6) is 1.31. The monoisotopic (exact) mass is 330 g/mol. The molecule has 1 heterocycles. The molecule has 0 unspecified atom stereocenters. The van der Waals surface area contributed by atoms with Crippen LogP contribution in [-0.2, 0) is 11.3 Å². The lowest BCUT2D eigenvalue weighted by Crippen LogP contribution is -2.20. The van der Waals surface area contributed by atoms with E-state index in [9.17, 15) is 0 Å². The summed E-state index contributed by atoms with van der Waals surface area (Å²) in [5.41, 5.74) is 1.06. The summed E-state index contributed by atoms with van der Waals surface area (Å²) in [7, 11) is 0. The summed E-state index contributed by atoms with van der Waals surface area (Å²) in [6.45, 7) is 9.91. The molecule has 0 radical (unpaired) electrons. The van der Waals surface area contributed by atoms with E-state index in [1.807, 2.05) is 13.0 Å². The van der Waals surface area contributed by atoms with Crippen LogP contribution in [0.4, 0.5) is 0 Å². The van der Waals surface area contributed by atoms with Gasteiger partial charge in [-0.1, -0.05) is 13.8 Å². The van der Waals surface area contributed by atoms with E-state index in [0.717, 1.165) is 23.1 Å². The molecule has 1 aromatic heterocycles. The van der Waals surface area contributed by atoms with Gasteiger partial charge in [-0.15, -0.1) is 0 Å². The maximum absolute atomic E-state index is 5.65. The van der Waals surface area contributed by atoms with Crippen molar-refractivity contribution in [1.29, 1.82) is 0 Å². The zero-order chi connectivity index (χ0) is 14.1. The largest absolute Gasteiger partial charge is 0.475 e. The molecule has 1 N–H and O–H groups in total. The number of nitrogens with one attached hydrogen (secondary N) is 1. The predicted molar refractivity (Wildman–Crippen MR) is 80.5 cm³/mol. The van der Waals surface area contributed by atoms with Crippen molar-refractivity contribution < 1.29 is 9.47 Å². The SMILES string of the molecule is CCOCCOc1ncc(Br)cc1CNCC(C)C. The highest BCUT2D eigenvalue weighted by Gasteiger charge is 2.06. The minimum Gasteiger partial charge on any atom is -0.475 e. The van der Waals surface area contributed by atoms with Gasteiger partial charge >= 0.3 is 0 Å². The Bertz CT molecular complexity index is 372. The van der Waals surface area contributed by atoms with Gasteiger partial charge in [0.05, 0.1) is 6.61 Å². The smallest absolute Gasteiger partial charge is 0.217 e. The number of rotatable bonds is 9. The Hall–Kier alpha value is -0.650. The van der Waals surface area contributed by atoms with Crippen molar-refractivity contribution in [3.8, 4) is 5.88 Å². The van der Waals surface area contributed by atoms with E-state index in [2.05, 4.69) is 40.1 Å². The van der Waals surface area contributed by atoms with Crippen LogP contribution in [0.25, 0.3) is 0 Å². The van der Waals surface area contributed by atoms with Crippen LogP contribution in [0.3, 0.4) is 0 Å². The number of pyridine rings is 1. The van der Waals surface area contributed by atoms with Gasteiger partial charge in [-0.05, 0) is 41.4 Å². The van der Waals surface area contributed by atoms with Gasteiger partial charge in [0.15, 0.2) is 0 Å². The first-order valence-electron chi connectivity index (χ1n) is 6.69. The predicted octanol–water partition coefficient (Wildman–Crippen LogP) is 3.01. The molecule has 0 amide bonds. The van der Waals surface area contributed by atoms with Gasteiger partial charge in [0.1, 0.15) is 6.61 Å². The van der Waals surface area contributed by atoms with Crippen LogP contribution in [0, 0.1) is 5.92 Å². The third kappa shape index (κ3) is 6.89. The maximum Gasteiger partial charge on any atom is 0.217 e. The molecule has 0 atom stereocenters. The van der Waals surface area contributed by atoms with E-state index in [4.69, 9.17) is 9.47 Å². The second kappa shape index (κ2) is 9.28. The molecule has 0 aliphatic heterocycles. The normalized spacial score (nSPS) is 11.0. The lowest BCUT2D eigenvalue weighted by molar-refractivity contribution is 0.108. The highest BCUT2D eigenvalue weighted by Crippen LogP contribution is 2.20. The Morgan fingerprint density at radius 2 is 2.16 bits per heavy atom. The number of hydrogen-bond donors (Lipinski definition) is 1. The Kier molecular flexibility index (Phi) is 8.02. The standard InChI is InChI=1S/C14H23BrN2O2/c1-4-18-5-6-19-14-12(7-13(15)10-17-14)9-16-8-11(2)3/h7,10-11,16H,4-6,8-9H2,1-3H3. The van der Waals surface area contributed by atoms with Gasteiger partial charge in [0, 0.05) is 29.4 Å². The Morgan fingerprint density at radius 1 is 1.37 bits per heavy atom. The van der Waals surface area contributed by atoms with E-state index < -0.39 is 0 Å². The summed E-state index contributed by atoms with van der Waals surface area (Å²) >= 11 is 3.44. The Morgan fingerprint density at radius 3 is 2.84 bits per heavy atom. The van der Waals surface area contributed by atoms with Crippen molar-refractivity contribution in [1.82, 2.24) is 10.3 Å². The molecule has 0 aliphatic rings. The molecule has 0 spiro atoms. The molecule has 0 bridgehead atoms. The van der Waals surface area contributed by atoms with Crippen LogP contribution in [-0.4, -0.2) is 31.3 Å². The van der Waals surface area contributed by atoms with E-state index in [-0.39, 0.29) is 0 Å². The van der Waals surface area contributed by atoms with Crippen LogP contribution < -0.4 is 10.1 Å². The lowest BCUT2D eigenvalue weighted by atomic mass is 10.2. The maximum atomic E-state index is 5.65. The van der Waals surface area contributed by atoms with E-state index in [1.165, 1.54) is 0 Å². The number of hydrogen-bond acceptors (Lipinski definition) is 4. The average molecular weight is 331 g/mol. The number of halogens is 1.